The van der Waals surface area contributed by atoms with Crippen LogP contribution >= 0.6 is 0 Å². The second-order valence-electron chi connectivity index (χ2n) is 5.68. The van der Waals surface area contributed by atoms with Crippen LogP contribution in [0.4, 0.5) is 4.79 Å². The summed E-state index contributed by atoms with van der Waals surface area (Å²) < 4.78 is 21.6. The Morgan fingerprint density at radius 2 is 2.28 bits per heavy atom. The number of carbonyl (C=O) groups is 2. The van der Waals surface area contributed by atoms with E-state index in [1.165, 1.54) is 28.9 Å². The van der Waals surface area contributed by atoms with Gasteiger partial charge >= 0.3 is 6.16 Å². The molecule has 2 atom stereocenters. The first kappa shape index (κ1) is 17.2. The van der Waals surface area contributed by atoms with Gasteiger partial charge < -0.3 is 29.3 Å². The van der Waals surface area contributed by atoms with Crippen molar-refractivity contribution in [1.82, 2.24) is 9.58 Å². The number of morpholine rings is 1. The molecule has 2 aliphatic heterocycles. The molecule has 0 spiro atoms. The highest BCUT2D eigenvalue weighted by Crippen LogP contribution is 2.22. The van der Waals surface area contributed by atoms with Crippen LogP contribution in [0.3, 0.4) is 0 Å². The molecule has 25 heavy (non-hydrogen) atoms. The highest BCUT2D eigenvalue weighted by Gasteiger charge is 2.37. The Bertz CT molecular complexity index is 732. The van der Waals surface area contributed by atoms with E-state index in [1.54, 1.807) is 6.92 Å². The number of pyridine rings is 1. The summed E-state index contributed by atoms with van der Waals surface area (Å²) in [7, 11) is 1.47. The van der Waals surface area contributed by atoms with E-state index in [0.29, 0.717) is 19.8 Å². The third-order valence-corrected chi connectivity index (χ3v) is 3.82. The van der Waals surface area contributed by atoms with E-state index < -0.39 is 23.6 Å². The van der Waals surface area contributed by atoms with Crippen LogP contribution in [-0.4, -0.2) is 67.4 Å². The molecule has 1 aromatic heterocycles. The third kappa shape index (κ3) is 3.44. The number of hydrogen-bond donors (Lipinski definition) is 1. The van der Waals surface area contributed by atoms with Crippen molar-refractivity contribution < 1.29 is 28.5 Å². The fourth-order valence-electron chi connectivity index (χ4n) is 2.72. The Morgan fingerprint density at radius 1 is 1.48 bits per heavy atom. The van der Waals surface area contributed by atoms with E-state index in [9.17, 15) is 14.4 Å². The molecule has 1 aromatic rings. The molecule has 1 N–H and O–H groups in total. The average molecular weight is 353 g/mol. The predicted octanol–water partition coefficient (Wildman–Crippen LogP) is -0.246. The van der Waals surface area contributed by atoms with E-state index in [0.717, 1.165) is 0 Å². The van der Waals surface area contributed by atoms with Gasteiger partial charge in [-0.05, 0) is 6.92 Å². The molecule has 3 rings (SSSR count). The molecule has 10 nitrogen and oxygen atoms in total. The summed E-state index contributed by atoms with van der Waals surface area (Å²) in [4.78, 5) is 38.3. The van der Waals surface area contributed by atoms with Crippen molar-refractivity contribution >= 4 is 12.1 Å². The van der Waals surface area contributed by atoms with Gasteiger partial charge in [-0.2, -0.15) is 0 Å². The summed E-state index contributed by atoms with van der Waals surface area (Å²) in [5.74, 6) is -0.794. The van der Waals surface area contributed by atoms with Gasteiger partial charge in [-0.1, -0.05) is 0 Å². The zero-order valence-corrected chi connectivity index (χ0v) is 13.9. The minimum Gasteiger partial charge on any atom is -0.429 e. The van der Waals surface area contributed by atoms with Crippen LogP contribution in [-0.2, 0) is 14.2 Å². The third-order valence-electron chi connectivity index (χ3n) is 3.82. The lowest BCUT2D eigenvalue weighted by atomic mass is 10.2. The molecule has 136 valence electrons. The van der Waals surface area contributed by atoms with Crippen LogP contribution in [0.15, 0.2) is 17.1 Å². The molecule has 3 heterocycles. The fraction of sp³-hybridized carbons (Fsp3) is 0.533. The van der Waals surface area contributed by atoms with Crippen molar-refractivity contribution in [3.8, 4) is 5.75 Å². The van der Waals surface area contributed by atoms with E-state index in [4.69, 9.17) is 18.9 Å². The molecule has 1 amide bonds. The monoisotopic (exact) mass is 353 g/mol. The highest BCUT2D eigenvalue weighted by molar-refractivity contribution is 5.97. The van der Waals surface area contributed by atoms with Gasteiger partial charge in [-0.3, -0.25) is 14.3 Å². The first-order valence-corrected chi connectivity index (χ1v) is 7.79. The topological polar surface area (TPSA) is 108 Å². The standard InChI is InChI=1S/C15H19N3O7/c1-9(7-22-2)24-15(21)25-13-10(19)3-4-18-12(13)14(20)17-5-6-23-8-11(17)16-18/h3-4,9,11,16H,5-8H2,1-2H3/t9-,11+/m1/s1. The number of ether oxygens (including phenoxy) is 4. The lowest BCUT2D eigenvalue weighted by molar-refractivity contribution is -0.00354. The summed E-state index contributed by atoms with van der Waals surface area (Å²) in [5.41, 5.74) is 2.39. The van der Waals surface area contributed by atoms with Gasteiger partial charge in [-0.15, -0.1) is 0 Å². The summed E-state index contributed by atoms with van der Waals surface area (Å²) in [6, 6.07) is 1.20. The van der Waals surface area contributed by atoms with Crippen LogP contribution in [0.25, 0.3) is 0 Å². The number of rotatable bonds is 4. The molecule has 2 aliphatic rings. The Kier molecular flexibility index (Phi) is 4.91. The van der Waals surface area contributed by atoms with Gasteiger partial charge in [0.1, 0.15) is 12.3 Å². The maximum atomic E-state index is 12.7. The van der Waals surface area contributed by atoms with Gasteiger partial charge in [0, 0.05) is 25.9 Å². The van der Waals surface area contributed by atoms with Gasteiger partial charge in [0.25, 0.3) is 5.91 Å². The number of nitrogens with zero attached hydrogens (tertiary/aromatic N) is 2. The zero-order valence-electron chi connectivity index (χ0n) is 13.9. The van der Waals surface area contributed by atoms with Crippen molar-refractivity contribution in [2.75, 3.05) is 38.9 Å². The maximum absolute atomic E-state index is 12.7. The zero-order chi connectivity index (χ0) is 18.0. The highest BCUT2D eigenvalue weighted by atomic mass is 16.7. The minimum atomic E-state index is -1.08. The molecule has 1 saturated heterocycles. The van der Waals surface area contributed by atoms with Crippen molar-refractivity contribution in [3.05, 3.63) is 28.2 Å². The van der Waals surface area contributed by atoms with E-state index in [1.807, 2.05) is 0 Å². The first-order chi connectivity index (χ1) is 12.0. The molecule has 0 saturated carbocycles. The predicted molar refractivity (Wildman–Crippen MR) is 84.2 cm³/mol. The van der Waals surface area contributed by atoms with Gasteiger partial charge in [0.05, 0.1) is 19.8 Å². The van der Waals surface area contributed by atoms with E-state index in [2.05, 4.69) is 5.43 Å². The molecule has 0 aromatic carbocycles. The Morgan fingerprint density at radius 3 is 3.04 bits per heavy atom. The fourth-order valence-corrected chi connectivity index (χ4v) is 2.72. The van der Waals surface area contributed by atoms with Crippen molar-refractivity contribution in [2.45, 2.75) is 19.2 Å². The Hall–Kier alpha value is -2.59. The number of nitrogens with one attached hydrogen (secondary N) is 1. The van der Waals surface area contributed by atoms with Crippen LogP contribution in [0.5, 0.6) is 5.75 Å². The summed E-state index contributed by atoms with van der Waals surface area (Å²) in [6.45, 7) is 2.88. The smallest absolute Gasteiger partial charge is 0.429 e. The second kappa shape index (κ2) is 7.11. The molecule has 0 radical (unpaired) electrons. The molecule has 0 bridgehead atoms. The number of amides is 1. The normalized spacial score (nSPS) is 20.2. The Balaban J connectivity index is 1.87. The number of fused-ring (bicyclic) bond motifs is 2. The number of aromatic nitrogens is 1. The molecular formula is C15H19N3O7. The van der Waals surface area contributed by atoms with Crippen LogP contribution in [0.2, 0.25) is 0 Å². The van der Waals surface area contributed by atoms with Gasteiger partial charge in [0.2, 0.25) is 11.2 Å². The lowest BCUT2D eigenvalue weighted by Crippen LogP contribution is -2.59. The van der Waals surface area contributed by atoms with E-state index in [-0.39, 0.29) is 24.2 Å². The number of methoxy groups -OCH3 is 1. The SMILES string of the molecule is COC[C@@H](C)OC(=O)Oc1c2n(ccc1=O)N[C@@H]1COCCN1C2=O. The quantitative estimate of drug-likeness (QED) is 0.739. The molecular weight excluding hydrogens is 334 g/mol. The summed E-state index contributed by atoms with van der Waals surface area (Å²) in [5, 5.41) is 0. The van der Waals surface area contributed by atoms with Crippen LogP contribution in [0, 0.1) is 0 Å². The number of hydrogen-bond acceptors (Lipinski definition) is 8. The molecule has 0 unspecified atom stereocenters. The molecule has 0 aliphatic carbocycles. The Labute approximate surface area is 143 Å². The number of carbonyl (C=O) groups excluding carboxylic acids is 2. The summed E-state index contributed by atoms with van der Waals surface area (Å²) in [6.07, 6.45) is -0.574. The first-order valence-electron chi connectivity index (χ1n) is 7.79. The second-order valence-corrected chi connectivity index (χ2v) is 5.68. The largest absolute Gasteiger partial charge is 0.514 e. The van der Waals surface area contributed by atoms with Crippen LogP contribution in [0.1, 0.15) is 17.4 Å². The van der Waals surface area contributed by atoms with E-state index >= 15 is 0 Å². The van der Waals surface area contributed by atoms with Crippen molar-refractivity contribution in [1.29, 1.82) is 0 Å². The summed E-state index contributed by atoms with van der Waals surface area (Å²) >= 11 is 0. The lowest BCUT2D eigenvalue weighted by Gasteiger charge is -2.41. The van der Waals surface area contributed by atoms with Gasteiger partial charge in [-0.25, -0.2) is 4.79 Å². The van der Waals surface area contributed by atoms with Crippen molar-refractivity contribution in [3.63, 3.8) is 0 Å². The molecule has 1 fully saturated rings. The van der Waals surface area contributed by atoms with Gasteiger partial charge in [0.15, 0.2) is 5.69 Å². The minimum absolute atomic E-state index is 0.0537. The molecule has 10 heteroatoms. The average Bonchev–Trinajstić information content (AvgIpc) is 2.58. The van der Waals surface area contributed by atoms with Crippen molar-refractivity contribution in [2.24, 2.45) is 0 Å². The maximum Gasteiger partial charge on any atom is 0.514 e. The van der Waals surface area contributed by atoms with Crippen LogP contribution < -0.4 is 15.6 Å².